The van der Waals surface area contributed by atoms with Gasteiger partial charge in [-0.3, -0.25) is 10.1 Å². The Hall–Kier alpha value is -1.44. The summed E-state index contributed by atoms with van der Waals surface area (Å²) in [6.45, 7) is 1.79. The smallest absolute Gasteiger partial charge is 0.237 e. The lowest BCUT2D eigenvalue weighted by atomic mass is 10.1. The van der Waals surface area contributed by atoms with Crippen molar-refractivity contribution in [3.63, 3.8) is 0 Å². The average molecular weight is 254 g/mol. The van der Waals surface area contributed by atoms with Gasteiger partial charge in [-0.15, -0.1) is 0 Å². The minimum absolute atomic E-state index is 0.0000622. The van der Waals surface area contributed by atoms with E-state index in [1.54, 1.807) is 6.33 Å². The Bertz CT molecular complexity index is 393. The molecule has 1 aliphatic heterocycles. The van der Waals surface area contributed by atoms with E-state index >= 15 is 0 Å². The largest absolute Gasteiger partial charge is 0.394 e. The predicted octanol–water partition coefficient (Wildman–Crippen LogP) is -1.45. The number of aromatic amines is 1. The van der Waals surface area contributed by atoms with Crippen molar-refractivity contribution in [3.05, 3.63) is 17.7 Å². The van der Waals surface area contributed by atoms with Gasteiger partial charge in [0.1, 0.15) is 0 Å². The van der Waals surface area contributed by atoms with Crippen molar-refractivity contribution in [2.24, 2.45) is 0 Å². The molecule has 0 saturated heterocycles. The number of aromatic nitrogens is 2. The molecule has 1 aromatic heterocycles. The number of carbonyl (C=O) groups excluding carboxylic acids is 1. The predicted molar refractivity (Wildman–Crippen MR) is 63.8 cm³/mol. The van der Waals surface area contributed by atoms with Crippen LogP contribution in [0, 0.1) is 0 Å². The molecule has 7 heteroatoms. The first-order valence-electron chi connectivity index (χ1n) is 6.02. The normalized spacial score (nSPS) is 18.4. The van der Waals surface area contributed by atoms with Gasteiger partial charge in [0, 0.05) is 19.5 Å². The Morgan fingerprint density at radius 2 is 2.50 bits per heavy atom. The van der Waals surface area contributed by atoms with Gasteiger partial charge in [-0.2, -0.15) is 0 Å². The van der Waals surface area contributed by atoms with E-state index in [2.05, 4.69) is 20.6 Å². The molecule has 1 aromatic rings. The highest BCUT2D eigenvalue weighted by Crippen LogP contribution is 2.11. The highest BCUT2D eigenvalue weighted by atomic mass is 16.5. The number of nitrogens with one attached hydrogen (secondary N) is 3. The molecule has 0 bridgehead atoms. The number of fused-ring (bicyclic) bond motifs is 1. The number of H-pyrrole nitrogens is 1. The summed E-state index contributed by atoms with van der Waals surface area (Å²) in [5.74, 6) is -0.0451. The lowest BCUT2D eigenvalue weighted by Gasteiger charge is -2.22. The molecule has 1 aliphatic rings. The molecular weight excluding hydrogens is 236 g/mol. The molecular formula is C11H18N4O3. The van der Waals surface area contributed by atoms with Crippen molar-refractivity contribution in [1.29, 1.82) is 0 Å². The van der Waals surface area contributed by atoms with Gasteiger partial charge in [0.05, 0.1) is 43.6 Å². The number of aliphatic hydroxyl groups excluding tert-OH is 1. The minimum atomic E-state index is -0.237. The first-order chi connectivity index (χ1) is 8.81. The molecule has 2 heterocycles. The number of amides is 1. The summed E-state index contributed by atoms with van der Waals surface area (Å²) in [7, 11) is 0. The van der Waals surface area contributed by atoms with E-state index in [4.69, 9.17) is 9.84 Å². The van der Waals surface area contributed by atoms with Crippen molar-refractivity contribution in [2.75, 3.05) is 26.4 Å². The molecule has 18 heavy (non-hydrogen) atoms. The summed E-state index contributed by atoms with van der Waals surface area (Å²) in [5.41, 5.74) is 2.00. The van der Waals surface area contributed by atoms with Crippen molar-refractivity contribution in [3.8, 4) is 0 Å². The first kappa shape index (κ1) is 13.0. The summed E-state index contributed by atoms with van der Waals surface area (Å²) >= 11 is 0. The molecule has 1 atom stereocenters. The zero-order chi connectivity index (χ0) is 12.8. The number of aliphatic hydroxyl groups is 1. The topological polar surface area (TPSA) is 99.3 Å². The minimum Gasteiger partial charge on any atom is -0.394 e. The molecule has 7 nitrogen and oxygen atoms in total. The van der Waals surface area contributed by atoms with Crippen LogP contribution in [0.2, 0.25) is 0 Å². The Labute approximate surface area is 105 Å². The number of nitrogens with zero attached hydrogens (tertiary/aromatic N) is 1. The Kier molecular flexibility index (Phi) is 4.68. The third kappa shape index (κ3) is 3.28. The fraction of sp³-hybridized carbons (Fsp3) is 0.636. The van der Waals surface area contributed by atoms with Crippen LogP contribution in [-0.2, 0) is 22.5 Å². The quantitative estimate of drug-likeness (QED) is 0.465. The SMILES string of the molecule is O=C(NCCOCCO)C1Cc2nc[nH]c2CN1. The van der Waals surface area contributed by atoms with Crippen LogP contribution in [-0.4, -0.2) is 53.4 Å². The number of imidazole rings is 1. The second-order valence-electron chi connectivity index (χ2n) is 4.09. The van der Waals surface area contributed by atoms with Gasteiger partial charge in [-0.25, -0.2) is 4.98 Å². The third-order valence-corrected chi connectivity index (χ3v) is 2.83. The zero-order valence-electron chi connectivity index (χ0n) is 10.1. The molecule has 0 radical (unpaired) electrons. The highest BCUT2D eigenvalue weighted by Gasteiger charge is 2.25. The van der Waals surface area contributed by atoms with Gasteiger partial charge in [-0.05, 0) is 0 Å². The van der Waals surface area contributed by atoms with Gasteiger partial charge < -0.3 is 20.1 Å². The van der Waals surface area contributed by atoms with Gasteiger partial charge in [-0.1, -0.05) is 0 Å². The number of ether oxygens (including phenoxy) is 1. The lowest BCUT2D eigenvalue weighted by molar-refractivity contribution is -0.123. The molecule has 100 valence electrons. The molecule has 2 rings (SSSR count). The molecule has 0 aromatic carbocycles. The van der Waals surface area contributed by atoms with E-state index in [1.165, 1.54) is 0 Å². The van der Waals surface area contributed by atoms with Crippen LogP contribution in [0.15, 0.2) is 6.33 Å². The second kappa shape index (κ2) is 6.48. The van der Waals surface area contributed by atoms with Crippen LogP contribution in [0.25, 0.3) is 0 Å². The summed E-state index contributed by atoms with van der Waals surface area (Å²) in [5, 5.41) is 14.5. The van der Waals surface area contributed by atoms with Crippen molar-refractivity contribution in [2.45, 2.75) is 19.0 Å². The molecule has 1 amide bonds. The van der Waals surface area contributed by atoms with Gasteiger partial charge in [0.25, 0.3) is 0 Å². The van der Waals surface area contributed by atoms with Gasteiger partial charge in [0.15, 0.2) is 0 Å². The molecule has 4 N–H and O–H groups in total. The summed E-state index contributed by atoms with van der Waals surface area (Å²) in [4.78, 5) is 19.1. The van der Waals surface area contributed by atoms with Crippen molar-refractivity contribution >= 4 is 5.91 Å². The maximum Gasteiger partial charge on any atom is 0.237 e. The summed E-state index contributed by atoms with van der Waals surface area (Å²) < 4.78 is 5.06. The van der Waals surface area contributed by atoms with Crippen LogP contribution < -0.4 is 10.6 Å². The standard InChI is InChI=1S/C11H18N4O3/c16-2-4-18-3-1-12-11(17)9-5-8-10(6-13-9)15-7-14-8/h7,9,13,16H,1-6H2,(H,12,17)(H,14,15). The van der Waals surface area contributed by atoms with E-state index in [0.717, 1.165) is 11.4 Å². The second-order valence-corrected chi connectivity index (χ2v) is 4.09. The van der Waals surface area contributed by atoms with Crippen LogP contribution >= 0.6 is 0 Å². The molecule has 1 unspecified atom stereocenters. The number of hydrogen-bond acceptors (Lipinski definition) is 5. The molecule has 0 saturated carbocycles. The monoisotopic (exact) mass is 254 g/mol. The number of carbonyl (C=O) groups is 1. The average Bonchev–Trinajstić information content (AvgIpc) is 2.85. The lowest BCUT2D eigenvalue weighted by Crippen LogP contribution is -2.48. The van der Waals surface area contributed by atoms with Crippen LogP contribution in [0.1, 0.15) is 11.4 Å². The fourth-order valence-corrected chi connectivity index (χ4v) is 1.89. The highest BCUT2D eigenvalue weighted by molar-refractivity contribution is 5.82. The number of rotatable bonds is 6. The Balaban J connectivity index is 1.71. The number of hydrogen-bond donors (Lipinski definition) is 4. The van der Waals surface area contributed by atoms with Crippen LogP contribution in [0.3, 0.4) is 0 Å². The van der Waals surface area contributed by atoms with E-state index in [0.29, 0.717) is 32.7 Å². The van der Waals surface area contributed by atoms with Crippen LogP contribution in [0.4, 0.5) is 0 Å². The maximum atomic E-state index is 11.8. The Morgan fingerprint density at radius 3 is 3.33 bits per heavy atom. The third-order valence-electron chi connectivity index (χ3n) is 2.83. The van der Waals surface area contributed by atoms with Crippen molar-refractivity contribution in [1.82, 2.24) is 20.6 Å². The van der Waals surface area contributed by atoms with Gasteiger partial charge >= 0.3 is 0 Å². The van der Waals surface area contributed by atoms with Gasteiger partial charge in [0.2, 0.25) is 5.91 Å². The molecule has 0 fully saturated rings. The first-order valence-corrected chi connectivity index (χ1v) is 6.02. The maximum absolute atomic E-state index is 11.8. The fourth-order valence-electron chi connectivity index (χ4n) is 1.89. The van der Waals surface area contributed by atoms with E-state index in [9.17, 15) is 4.79 Å². The molecule has 0 aliphatic carbocycles. The Morgan fingerprint density at radius 1 is 1.61 bits per heavy atom. The molecule has 0 spiro atoms. The van der Waals surface area contributed by atoms with E-state index in [1.807, 2.05) is 0 Å². The van der Waals surface area contributed by atoms with E-state index < -0.39 is 0 Å². The summed E-state index contributed by atoms with van der Waals surface area (Å²) in [6, 6.07) is -0.237. The van der Waals surface area contributed by atoms with Crippen LogP contribution in [0.5, 0.6) is 0 Å². The van der Waals surface area contributed by atoms with Crippen molar-refractivity contribution < 1.29 is 14.6 Å². The summed E-state index contributed by atoms with van der Waals surface area (Å²) in [6.07, 6.45) is 2.25. The van der Waals surface area contributed by atoms with E-state index in [-0.39, 0.29) is 18.6 Å². The zero-order valence-corrected chi connectivity index (χ0v) is 10.1.